The predicted molar refractivity (Wildman–Crippen MR) is 131 cm³/mol. The number of hydrogen-bond donors (Lipinski definition) is 2. The molecule has 5 rings (SSSR count). The van der Waals surface area contributed by atoms with Gasteiger partial charge in [0.15, 0.2) is 0 Å². The fourth-order valence-electron chi connectivity index (χ4n) is 5.87. The second kappa shape index (κ2) is 9.21. The number of fused-ring (bicyclic) bond motifs is 3. The van der Waals surface area contributed by atoms with Crippen molar-refractivity contribution in [3.8, 4) is 11.1 Å². The lowest BCUT2D eigenvalue weighted by Gasteiger charge is -2.47. The zero-order valence-corrected chi connectivity index (χ0v) is 19.6. The van der Waals surface area contributed by atoms with Crippen LogP contribution < -0.4 is 5.32 Å². The molecular weight excluding hydrogens is 444 g/mol. The summed E-state index contributed by atoms with van der Waals surface area (Å²) in [6, 6.07) is 16.3. The van der Waals surface area contributed by atoms with E-state index in [9.17, 15) is 19.5 Å². The van der Waals surface area contributed by atoms with E-state index in [0.717, 1.165) is 11.1 Å². The summed E-state index contributed by atoms with van der Waals surface area (Å²) in [5.41, 5.74) is 3.78. The second-order valence-electron chi connectivity index (χ2n) is 9.95. The molecule has 2 unspecified atom stereocenters. The van der Waals surface area contributed by atoms with Gasteiger partial charge < -0.3 is 20.1 Å². The number of ether oxygens (including phenoxy) is 1. The first-order chi connectivity index (χ1) is 16.9. The van der Waals surface area contributed by atoms with Crippen LogP contribution >= 0.6 is 0 Å². The molecule has 7 heteroatoms. The van der Waals surface area contributed by atoms with Crippen LogP contribution in [0.5, 0.6) is 0 Å². The lowest BCUT2D eigenvalue weighted by molar-refractivity contribution is -0.167. The molecule has 1 heterocycles. The van der Waals surface area contributed by atoms with E-state index in [1.54, 1.807) is 11.0 Å². The number of carbonyl (C=O) groups excluding carboxylic acids is 2. The fourth-order valence-corrected chi connectivity index (χ4v) is 5.87. The number of amides is 2. The molecule has 3 aliphatic rings. The third kappa shape index (κ3) is 4.20. The summed E-state index contributed by atoms with van der Waals surface area (Å²) in [4.78, 5) is 38.7. The summed E-state index contributed by atoms with van der Waals surface area (Å²) >= 11 is 0. The number of rotatable bonds is 7. The zero-order chi connectivity index (χ0) is 24.6. The van der Waals surface area contributed by atoms with Crippen LogP contribution in [0, 0.1) is 11.3 Å². The molecule has 1 saturated carbocycles. The molecule has 7 nitrogen and oxygen atoms in total. The van der Waals surface area contributed by atoms with E-state index in [0.29, 0.717) is 25.7 Å². The summed E-state index contributed by atoms with van der Waals surface area (Å²) in [6.07, 6.45) is 3.39. The van der Waals surface area contributed by atoms with Gasteiger partial charge in [0.25, 0.3) is 0 Å². The average Bonchev–Trinajstić information content (AvgIpc) is 3.42. The number of carbonyl (C=O) groups is 3. The molecule has 35 heavy (non-hydrogen) atoms. The molecule has 0 aromatic heterocycles. The maximum Gasteiger partial charge on any atom is 0.407 e. The van der Waals surface area contributed by atoms with E-state index in [4.69, 9.17) is 4.74 Å². The Hall–Kier alpha value is -3.61. The minimum absolute atomic E-state index is 0.00235. The molecule has 2 aliphatic carbocycles. The summed E-state index contributed by atoms with van der Waals surface area (Å²) in [5, 5.41) is 12.4. The van der Waals surface area contributed by atoms with Crippen LogP contribution in [0.25, 0.3) is 11.1 Å². The Balaban J connectivity index is 1.13. The summed E-state index contributed by atoms with van der Waals surface area (Å²) in [7, 11) is 0. The van der Waals surface area contributed by atoms with Crippen molar-refractivity contribution < 1.29 is 24.2 Å². The van der Waals surface area contributed by atoms with Crippen molar-refractivity contribution in [3.05, 3.63) is 72.3 Å². The highest BCUT2D eigenvalue weighted by atomic mass is 16.5. The highest BCUT2D eigenvalue weighted by Crippen LogP contribution is 2.44. The molecular formula is C28H30N2O5. The van der Waals surface area contributed by atoms with Gasteiger partial charge in [0.2, 0.25) is 5.91 Å². The standard InChI is InChI=1S/C28H30N2O5/c1-2-13-28(26(32)33)16-30(17-28)25(31)18-11-12-19(14-18)29-27(34)35-15-24-22-9-5-3-7-20(22)21-8-4-6-10-23(21)24/h2-10,18-19,24H,1,11-17H2,(H,29,34)(H,32,33). The van der Waals surface area contributed by atoms with E-state index in [-0.39, 0.29) is 43.5 Å². The number of alkyl carbamates (subject to hydrolysis) is 1. The molecule has 0 radical (unpaired) electrons. The zero-order valence-electron chi connectivity index (χ0n) is 19.6. The lowest BCUT2D eigenvalue weighted by atomic mass is 9.76. The van der Waals surface area contributed by atoms with Crippen LogP contribution in [0.4, 0.5) is 4.79 Å². The van der Waals surface area contributed by atoms with Gasteiger partial charge >= 0.3 is 12.1 Å². The minimum atomic E-state index is -0.908. The number of carboxylic acids is 1. The van der Waals surface area contributed by atoms with Crippen molar-refractivity contribution in [1.82, 2.24) is 10.2 Å². The van der Waals surface area contributed by atoms with Gasteiger partial charge in [0.1, 0.15) is 12.0 Å². The van der Waals surface area contributed by atoms with Crippen LogP contribution in [0.15, 0.2) is 61.2 Å². The van der Waals surface area contributed by atoms with Gasteiger partial charge in [0, 0.05) is 31.0 Å². The number of likely N-dealkylation sites (tertiary alicyclic amines) is 1. The third-order valence-electron chi connectivity index (χ3n) is 7.73. The van der Waals surface area contributed by atoms with Crippen molar-refractivity contribution in [1.29, 1.82) is 0 Å². The van der Waals surface area contributed by atoms with Gasteiger partial charge in [-0.1, -0.05) is 54.6 Å². The quantitative estimate of drug-likeness (QED) is 0.587. The number of benzene rings is 2. The van der Waals surface area contributed by atoms with E-state index < -0.39 is 17.5 Å². The van der Waals surface area contributed by atoms with E-state index in [1.165, 1.54) is 11.1 Å². The van der Waals surface area contributed by atoms with Crippen LogP contribution in [0.2, 0.25) is 0 Å². The summed E-state index contributed by atoms with van der Waals surface area (Å²) in [5.74, 6) is -1.11. The number of allylic oxidation sites excluding steroid dienone is 1. The van der Waals surface area contributed by atoms with Crippen LogP contribution in [0.1, 0.15) is 42.7 Å². The van der Waals surface area contributed by atoms with E-state index >= 15 is 0 Å². The van der Waals surface area contributed by atoms with E-state index in [1.807, 2.05) is 24.3 Å². The van der Waals surface area contributed by atoms with Gasteiger partial charge in [-0.15, -0.1) is 6.58 Å². The Kier molecular flexibility index (Phi) is 6.09. The molecule has 0 bridgehead atoms. The van der Waals surface area contributed by atoms with Gasteiger partial charge in [0.05, 0.1) is 0 Å². The Labute approximate surface area is 204 Å². The first kappa shape index (κ1) is 23.1. The van der Waals surface area contributed by atoms with Crippen molar-refractivity contribution in [2.45, 2.75) is 37.6 Å². The maximum absolute atomic E-state index is 12.9. The monoisotopic (exact) mass is 474 g/mol. The molecule has 2 atom stereocenters. The third-order valence-corrected chi connectivity index (χ3v) is 7.73. The lowest BCUT2D eigenvalue weighted by Crippen LogP contribution is -2.62. The molecule has 1 saturated heterocycles. The smallest absolute Gasteiger partial charge is 0.407 e. The van der Waals surface area contributed by atoms with Crippen LogP contribution in [0.3, 0.4) is 0 Å². The molecule has 2 amide bonds. The van der Waals surface area contributed by atoms with Crippen molar-refractivity contribution in [2.75, 3.05) is 19.7 Å². The van der Waals surface area contributed by atoms with Gasteiger partial charge in [-0.3, -0.25) is 9.59 Å². The second-order valence-corrected chi connectivity index (χ2v) is 9.95. The molecule has 1 aliphatic heterocycles. The highest BCUT2D eigenvalue weighted by Gasteiger charge is 2.51. The minimum Gasteiger partial charge on any atom is -0.481 e. The SMILES string of the molecule is C=CCC1(C(=O)O)CN(C(=O)C2CCC(NC(=O)OCC3c4ccccc4-c4ccccc43)C2)C1. The Morgan fingerprint density at radius 2 is 1.69 bits per heavy atom. The maximum atomic E-state index is 12.9. The Morgan fingerprint density at radius 3 is 2.29 bits per heavy atom. The average molecular weight is 475 g/mol. The van der Waals surface area contributed by atoms with Gasteiger partial charge in [-0.2, -0.15) is 0 Å². The molecule has 0 spiro atoms. The largest absolute Gasteiger partial charge is 0.481 e. The van der Waals surface area contributed by atoms with Crippen LogP contribution in [-0.4, -0.2) is 53.7 Å². The predicted octanol–water partition coefficient (Wildman–Crippen LogP) is 4.18. The Bertz CT molecular complexity index is 1120. The molecule has 2 N–H and O–H groups in total. The van der Waals surface area contributed by atoms with Crippen molar-refractivity contribution >= 4 is 18.0 Å². The molecule has 2 aromatic rings. The first-order valence-corrected chi connectivity index (χ1v) is 12.2. The number of nitrogens with one attached hydrogen (secondary N) is 1. The number of hydrogen-bond acceptors (Lipinski definition) is 4. The molecule has 182 valence electrons. The van der Waals surface area contributed by atoms with Crippen molar-refractivity contribution in [2.24, 2.45) is 11.3 Å². The van der Waals surface area contributed by atoms with Gasteiger partial charge in [-0.25, -0.2) is 4.79 Å². The summed E-state index contributed by atoms with van der Waals surface area (Å²) < 4.78 is 5.64. The topological polar surface area (TPSA) is 95.9 Å². The Morgan fingerprint density at radius 1 is 1.06 bits per heavy atom. The number of nitrogens with zero attached hydrogens (tertiary/aromatic N) is 1. The van der Waals surface area contributed by atoms with E-state index in [2.05, 4.69) is 36.2 Å². The van der Waals surface area contributed by atoms with Crippen molar-refractivity contribution in [3.63, 3.8) is 0 Å². The fraction of sp³-hybridized carbons (Fsp3) is 0.393. The molecule has 2 aromatic carbocycles. The number of aliphatic carboxylic acids is 1. The molecule has 2 fully saturated rings. The summed E-state index contributed by atoms with van der Waals surface area (Å²) in [6.45, 7) is 4.32. The van der Waals surface area contributed by atoms with Crippen LogP contribution in [-0.2, 0) is 14.3 Å². The highest BCUT2D eigenvalue weighted by molar-refractivity contribution is 5.85. The normalized spacial score (nSPS) is 22.0. The van der Waals surface area contributed by atoms with Gasteiger partial charge in [-0.05, 0) is 47.9 Å². The first-order valence-electron chi connectivity index (χ1n) is 12.2. The number of carboxylic acid groups (broad SMARTS) is 1.